The van der Waals surface area contributed by atoms with Gasteiger partial charge in [-0.3, -0.25) is 9.35 Å². The first-order chi connectivity index (χ1) is 18.0. The van der Waals surface area contributed by atoms with E-state index in [0.29, 0.717) is 27.2 Å². The van der Waals surface area contributed by atoms with Crippen molar-refractivity contribution in [1.29, 1.82) is 0 Å². The molecule has 4 rings (SSSR count). The van der Waals surface area contributed by atoms with E-state index in [4.69, 9.17) is 27.9 Å². The number of nitrogens with one attached hydrogen (secondary N) is 1. The van der Waals surface area contributed by atoms with E-state index < -0.39 is 21.8 Å². The fourth-order valence-electron chi connectivity index (χ4n) is 3.92. The minimum atomic E-state index is -4.56. The Morgan fingerprint density at radius 1 is 1.05 bits per heavy atom. The molecule has 0 fully saturated rings. The van der Waals surface area contributed by atoms with Crippen LogP contribution in [0.4, 0.5) is 17.1 Å². The topological polar surface area (TPSA) is 140 Å². The average Bonchev–Trinajstić information content (AvgIpc) is 2.88. The number of carbonyl (C=O) groups is 1. The first-order valence-electron chi connectivity index (χ1n) is 11.1. The van der Waals surface area contributed by atoms with Gasteiger partial charge >= 0.3 is 29.6 Å². The summed E-state index contributed by atoms with van der Waals surface area (Å²) in [7, 11) is -3.14. The molecule has 0 atom stereocenters. The molecule has 0 radical (unpaired) electrons. The van der Waals surface area contributed by atoms with Crippen molar-refractivity contribution in [2.75, 3.05) is 12.4 Å². The van der Waals surface area contributed by atoms with E-state index >= 15 is 0 Å². The summed E-state index contributed by atoms with van der Waals surface area (Å²) in [6.07, 6.45) is 0.153. The summed E-state index contributed by atoms with van der Waals surface area (Å²) in [6, 6.07) is 15.3. The third-order valence-corrected chi connectivity index (χ3v) is 7.18. The number of fused-ring (bicyclic) bond motifs is 1. The van der Waals surface area contributed by atoms with Crippen LogP contribution in [0, 0.1) is 0 Å². The number of rotatable bonds is 7. The molecule has 196 valence electrons. The van der Waals surface area contributed by atoms with Crippen LogP contribution in [0.3, 0.4) is 0 Å². The second-order valence-corrected chi connectivity index (χ2v) is 10.3. The number of nitrogens with zero attached hydrogens (tertiary/aromatic N) is 2. The Morgan fingerprint density at radius 2 is 1.74 bits per heavy atom. The first-order valence-corrected chi connectivity index (χ1v) is 13.3. The van der Waals surface area contributed by atoms with Crippen LogP contribution in [-0.4, -0.2) is 26.0 Å². The van der Waals surface area contributed by atoms with Gasteiger partial charge in [-0.2, -0.15) is 13.5 Å². The van der Waals surface area contributed by atoms with Gasteiger partial charge in [0.05, 0.1) is 28.4 Å². The van der Waals surface area contributed by atoms with Crippen LogP contribution in [0.25, 0.3) is 10.8 Å². The Hall–Kier alpha value is -2.70. The molecule has 9 nitrogen and oxygen atoms in total. The van der Waals surface area contributed by atoms with Gasteiger partial charge in [-0.25, -0.2) is 0 Å². The molecular formula is C26H20Cl2N3NaO6S. The van der Waals surface area contributed by atoms with E-state index in [0.717, 1.165) is 0 Å². The molecule has 0 aromatic heterocycles. The van der Waals surface area contributed by atoms with E-state index in [-0.39, 0.29) is 68.4 Å². The second-order valence-electron chi connectivity index (χ2n) is 8.02. The summed E-state index contributed by atoms with van der Waals surface area (Å²) in [5, 5.41) is 25.8. The van der Waals surface area contributed by atoms with Crippen molar-refractivity contribution in [3.8, 4) is 11.5 Å². The Kier molecular flexibility index (Phi) is 10.0. The molecule has 2 N–H and O–H groups in total. The van der Waals surface area contributed by atoms with Crippen LogP contribution >= 0.6 is 23.2 Å². The SMILES string of the molecule is CCc1c(S(=O)(=O)O)ccc(Cl)c1N=Nc1c([O-])c(C(=O)Nc2ccc(Cl)cc2OC)cc2ccccc12.[Na+]. The number of methoxy groups -OCH3 is 1. The monoisotopic (exact) mass is 595 g/mol. The number of amides is 1. The molecule has 13 heteroatoms. The van der Waals surface area contributed by atoms with Gasteiger partial charge in [0.2, 0.25) is 0 Å². The number of ether oxygens (including phenoxy) is 1. The largest absolute Gasteiger partial charge is 1.00 e. The molecular weight excluding hydrogens is 576 g/mol. The second kappa shape index (κ2) is 12.6. The molecule has 0 spiro atoms. The van der Waals surface area contributed by atoms with Gasteiger partial charge in [0.15, 0.2) is 0 Å². The standard InChI is InChI=1S/C26H21Cl2N3O6S.Na/c1-3-16-22(38(34,35)36)11-9-19(28)23(16)30-31-24-17-7-5-4-6-14(17)12-18(25(24)32)26(33)29-20-10-8-15(27)13-21(20)37-2;/h4-13,32H,3H2,1-2H3,(H,29,33)(H,34,35,36);/q;+1/p-1. The van der Waals surface area contributed by atoms with Gasteiger partial charge in [0, 0.05) is 27.6 Å². The zero-order valence-corrected chi connectivity index (χ0v) is 25.4. The summed E-state index contributed by atoms with van der Waals surface area (Å²) in [5.74, 6) is -1.11. The molecule has 39 heavy (non-hydrogen) atoms. The third kappa shape index (κ3) is 6.55. The molecule has 0 heterocycles. The van der Waals surface area contributed by atoms with Gasteiger partial charge < -0.3 is 15.2 Å². The normalized spacial score (nSPS) is 11.4. The van der Waals surface area contributed by atoms with Crippen LogP contribution in [0.5, 0.6) is 11.5 Å². The van der Waals surface area contributed by atoms with Gasteiger partial charge in [-0.15, -0.1) is 5.11 Å². The maximum atomic E-state index is 13.5. The van der Waals surface area contributed by atoms with E-state index in [2.05, 4.69) is 15.5 Å². The molecule has 0 bridgehead atoms. The molecule has 4 aromatic carbocycles. The van der Waals surface area contributed by atoms with E-state index in [1.165, 1.54) is 31.4 Å². The summed E-state index contributed by atoms with van der Waals surface area (Å²) >= 11 is 12.3. The minimum absolute atomic E-state index is 0. The molecule has 0 saturated carbocycles. The Balaban J connectivity index is 0.00000420. The van der Waals surface area contributed by atoms with Crippen molar-refractivity contribution in [1.82, 2.24) is 0 Å². The molecule has 0 unspecified atom stereocenters. The molecule has 0 aliphatic carbocycles. The van der Waals surface area contributed by atoms with Gasteiger partial charge in [-0.05, 0) is 42.1 Å². The van der Waals surface area contributed by atoms with Crippen molar-refractivity contribution in [3.63, 3.8) is 0 Å². The molecule has 1 amide bonds. The van der Waals surface area contributed by atoms with Gasteiger partial charge in [0.1, 0.15) is 11.4 Å². The number of halogens is 2. The quantitative estimate of drug-likeness (QED) is 0.189. The predicted octanol–water partition coefficient (Wildman–Crippen LogP) is 3.71. The van der Waals surface area contributed by atoms with Crippen LogP contribution in [-0.2, 0) is 16.5 Å². The third-order valence-electron chi connectivity index (χ3n) is 5.70. The van der Waals surface area contributed by atoms with Crippen LogP contribution in [0.15, 0.2) is 75.8 Å². The number of carbonyl (C=O) groups excluding carboxylic acids is 1. The summed E-state index contributed by atoms with van der Waals surface area (Å²) < 4.78 is 38.5. The van der Waals surface area contributed by atoms with Crippen molar-refractivity contribution >= 4 is 67.1 Å². The number of hydrogen-bond acceptors (Lipinski definition) is 7. The van der Waals surface area contributed by atoms with Crippen LogP contribution in [0.1, 0.15) is 22.8 Å². The van der Waals surface area contributed by atoms with Gasteiger partial charge in [0.25, 0.3) is 16.0 Å². The molecule has 0 saturated heterocycles. The average molecular weight is 596 g/mol. The van der Waals surface area contributed by atoms with Gasteiger partial charge in [-0.1, -0.05) is 60.1 Å². The number of benzene rings is 4. The minimum Gasteiger partial charge on any atom is -0.870 e. The van der Waals surface area contributed by atoms with E-state index in [1.54, 1.807) is 43.3 Å². The number of azo groups is 1. The zero-order chi connectivity index (χ0) is 27.6. The van der Waals surface area contributed by atoms with E-state index in [1.807, 2.05) is 0 Å². The van der Waals surface area contributed by atoms with Crippen molar-refractivity contribution < 1.29 is 57.2 Å². The fourth-order valence-corrected chi connectivity index (χ4v) is 5.09. The molecule has 0 aliphatic heterocycles. The summed E-state index contributed by atoms with van der Waals surface area (Å²) in [4.78, 5) is 12.8. The maximum absolute atomic E-state index is 13.5. The molecule has 0 aliphatic rings. The zero-order valence-electron chi connectivity index (χ0n) is 21.0. The van der Waals surface area contributed by atoms with Crippen LogP contribution < -0.4 is 44.7 Å². The fraction of sp³-hybridized carbons (Fsp3) is 0.115. The molecule has 4 aromatic rings. The Bertz CT molecular complexity index is 1710. The maximum Gasteiger partial charge on any atom is 1.00 e. The summed E-state index contributed by atoms with van der Waals surface area (Å²) in [5.41, 5.74) is 0.0617. The number of anilines is 1. The first kappa shape index (κ1) is 30.8. The Labute approximate surface area is 256 Å². The smallest absolute Gasteiger partial charge is 0.870 e. The Morgan fingerprint density at radius 3 is 2.41 bits per heavy atom. The van der Waals surface area contributed by atoms with E-state index in [9.17, 15) is 22.9 Å². The summed E-state index contributed by atoms with van der Waals surface area (Å²) in [6.45, 7) is 1.66. The van der Waals surface area contributed by atoms with Crippen molar-refractivity contribution in [2.45, 2.75) is 18.2 Å². The van der Waals surface area contributed by atoms with Crippen LogP contribution in [0.2, 0.25) is 10.0 Å². The van der Waals surface area contributed by atoms with Crippen molar-refractivity contribution in [2.24, 2.45) is 10.2 Å². The van der Waals surface area contributed by atoms with Crippen molar-refractivity contribution in [3.05, 3.63) is 81.8 Å². The predicted molar refractivity (Wildman–Crippen MR) is 144 cm³/mol. The number of hydrogen-bond donors (Lipinski definition) is 2.